The third-order valence-corrected chi connectivity index (χ3v) is 5.24. The number of rotatable bonds is 5. The Labute approximate surface area is 125 Å². The molecule has 1 saturated carbocycles. The second-order valence-electron chi connectivity index (χ2n) is 5.68. The monoisotopic (exact) mass is 286 g/mol. The molecule has 1 unspecified atom stereocenters. The topological polar surface area (TPSA) is 24.9 Å². The van der Waals surface area contributed by atoms with Crippen LogP contribution in [0, 0.1) is 5.92 Å². The quantitative estimate of drug-likeness (QED) is 0.860. The molecule has 2 heterocycles. The number of aromatic nitrogens is 1. The van der Waals surface area contributed by atoms with Crippen LogP contribution in [0.5, 0.6) is 0 Å². The van der Waals surface area contributed by atoms with E-state index in [0.29, 0.717) is 12.1 Å². The Kier molecular flexibility index (Phi) is 4.48. The maximum absolute atomic E-state index is 4.48. The number of pyridine rings is 1. The van der Waals surface area contributed by atoms with E-state index in [9.17, 15) is 0 Å². The minimum absolute atomic E-state index is 0.295. The number of hydrogen-bond acceptors (Lipinski definition) is 3. The Morgan fingerprint density at radius 1 is 1.20 bits per heavy atom. The Bertz CT molecular complexity index is 503. The molecule has 0 saturated heterocycles. The zero-order valence-corrected chi connectivity index (χ0v) is 12.8. The second-order valence-corrected chi connectivity index (χ2v) is 6.66. The first-order chi connectivity index (χ1) is 9.84. The predicted octanol–water partition coefficient (Wildman–Crippen LogP) is 4.73. The van der Waals surface area contributed by atoms with Gasteiger partial charge in [-0.05, 0) is 49.3 Å². The molecular formula is C17H22N2S. The highest BCUT2D eigenvalue weighted by molar-refractivity contribution is 7.10. The van der Waals surface area contributed by atoms with Crippen LogP contribution in [-0.2, 0) is 0 Å². The fraction of sp³-hybridized carbons (Fsp3) is 0.471. The van der Waals surface area contributed by atoms with Gasteiger partial charge in [-0.15, -0.1) is 11.3 Å². The average molecular weight is 286 g/mol. The molecule has 0 aliphatic heterocycles. The van der Waals surface area contributed by atoms with Crippen LogP contribution in [0.2, 0.25) is 0 Å². The van der Waals surface area contributed by atoms with Gasteiger partial charge in [-0.1, -0.05) is 25.0 Å². The van der Waals surface area contributed by atoms with E-state index in [1.54, 1.807) is 0 Å². The van der Waals surface area contributed by atoms with Crippen molar-refractivity contribution < 1.29 is 0 Å². The van der Waals surface area contributed by atoms with Crippen molar-refractivity contribution in [2.24, 2.45) is 5.92 Å². The Morgan fingerprint density at radius 2 is 2.05 bits per heavy atom. The fourth-order valence-corrected chi connectivity index (χ4v) is 4.07. The van der Waals surface area contributed by atoms with Crippen LogP contribution in [0.1, 0.15) is 55.3 Å². The van der Waals surface area contributed by atoms with Crippen molar-refractivity contribution in [3.63, 3.8) is 0 Å². The molecule has 106 valence electrons. The predicted molar refractivity (Wildman–Crippen MR) is 84.8 cm³/mol. The molecule has 2 atom stereocenters. The average Bonchev–Trinajstić information content (AvgIpc) is 3.19. The zero-order valence-electron chi connectivity index (χ0n) is 12.0. The van der Waals surface area contributed by atoms with Crippen molar-refractivity contribution >= 4 is 11.3 Å². The van der Waals surface area contributed by atoms with Crippen molar-refractivity contribution in [1.82, 2.24) is 10.3 Å². The highest BCUT2D eigenvalue weighted by atomic mass is 32.1. The summed E-state index contributed by atoms with van der Waals surface area (Å²) in [6.07, 6.45) is 7.34. The molecular weight excluding hydrogens is 264 g/mol. The number of hydrogen-bond donors (Lipinski definition) is 1. The molecule has 1 aliphatic carbocycles. The molecule has 1 N–H and O–H groups in total. The lowest BCUT2D eigenvalue weighted by Crippen LogP contribution is -2.29. The highest BCUT2D eigenvalue weighted by Gasteiger charge is 2.28. The molecule has 20 heavy (non-hydrogen) atoms. The first-order valence-electron chi connectivity index (χ1n) is 7.55. The largest absolute Gasteiger partial charge is 0.301 e. The van der Waals surface area contributed by atoms with E-state index in [4.69, 9.17) is 0 Å². The van der Waals surface area contributed by atoms with Crippen LogP contribution in [0.15, 0.2) is 41.9 Å². The first kappa shape index (κ1) is 13.8. The van der Waals surface area contributed by atoms with Crippen molar-refractivity contribution in [1.29, 1.82) is 0 Å². The summed E-state index contributed by atoms with van der Waals surface area (Å²) in [7, 11) is 0. The molecule has 2 aromatic heterocycles. The third-order valence-electron chi connectivity index (χ3n) is 4.28. The van der Waals surface area contributed by atoms with E-state index in [1.165, 1.54) is 30.6 Å². The molecule has 1 fully saturated rings. The van der Waals surface area contributed by atoms with Crippen LogP contribution in [0.3, 0.4) is 0 Å². The van der Waals surface area contributed by atoms with Crippen molar-refractivity contribution in [2.45, 2.75) is 44.7 Å². The SMILES string of the molecule is C[C@H](NC(c1cccs1)C1CCCC1)c1ccccn1. The van der Waals surface area contributed by atoms with E-state index in [-0.39, 0.29) is 0 Å². The summed E-state index contributed by atoms with van der Waals surface area (Å²) in [5.74, 6) is 0.778. The van der Waals surface area contributed by atoms with E-state index in [1.807, 2.05) is 23.6 Å². The molecule has 0 bridgehead atoms. The lowest BCUT2D eigenvalue weighted by Gasteiger charge is -2.27. The lowest BCUT2D eigenvalue weighted by atomic mass is 9.95. The van der Waals surface area contributed by atoms with Crippen LogP contribution in [0.4, 0.5) is 0 Å². The van der Waals surface area contributed by atoms with Crippen LogP contribution in [0.25, 0.3) is 0 Å². The van der Waals surface area contributed by atoms with E-state index in [0.717, 1.165) is 11.6 Å². The summed E-state index contributed by atoms with van der Waals surface area (Å²) in [5.41, 5.74) is 1.13. The Morgan fingerprint density at radius 3 is 2.70 bits per heavy atom. The van der Waals surface area contributed by atoms with Gasteiger partial charge < -0.3 is 5.32 Å². The maximum Gasteiger partial charge on any atom is 0.0570 e. The van der Waals surface area contributed by atoms with Gasteiger partial charge in [-0.25, -0.2) is 0 Å². The molecule has 2 aromatic rings. The normalized spacial score (nSPS) is 19.1. The summed E-state index contributed by atoms with van der Waals surface area (Å²) >= 11 is 1.87. The lowest BCUT2D eigenvalue weighted by molar-refractivity contribution is 0.340. The van der Waals surface area contributed by atoms with E-state index in [2.05, 4.69) is 46.9 Å². The third kappa shape index (κ3) is 3.10. The van der Waals surface area contributed by atoms with Crippen LogP contribution >= 0.6 is 11.3 Å². The van der Waals surface area contributed by atoms with Gasteiger partial charge in [0.1, 0.15) is 0 Å². The van der Waals surface area contributed by atoms with Gasteiger partial charge in [-0.2, -0.15) is 0 Å². The summed E-state index contributed by atoms with van der Waals surface area (Å²) < 4.78 is 0. The van der Waals surface area contributed by atoms with Gasteiger partial charge in [0.05, 0.1) is 5.69 Å². The first-order valence-corrected chi connectivity index (χ1v) is 8.43. The van der Waals surface area contributed by atoms with Gasteiger partial charge in [0.25, 0.3) is 0 Å². The standard InChI is InChI=1S/C17H22N2S/c1-13(15-9-4-5-11-18-15)19-17(14-7-2-3-8-14)16-10-6-12-20-16/h4-6,9-14,17,19H,2-3,7-8H2,1H3/t13-,17?/m0/s1. The van der Waals surface area contributed by atoms with Gasteiger partial charge >= 0.3 is 0 Å². The minimum Gasteiger partial charge on any atom is -0.301 e. The number of nitrogens with zero attached hydrogens (tertiary/aromatic N) is 1. The molecule has 2 nitrogen and oxygen atoms in total. The molecule has 3 heteroatoms. The maximum atomic E-state index is 4.48. The molecule has 0 aromatic carbocycles. The van der Waals surface area contributed by atoms with Gasteiger partial charge in [0.2, 0.25) is 0 Å². The summed E-state index contributed by atoms with van der Waals surface area (Å²) in [6, 6.07) is 11.4. The summed E-state index contributed by atoms with van der Waals surface area (Å²) in [5, 5.41) is 6.01. The van der Waals surface area contributed by atoms with Gasteiger partial charge in [0, 0.05) is 23.2 Å². The van der Waals surface area contributed by atoms with Gasteiger partial charge in [0.15, 0.2) is 0 Å². The van der Waals surface area contributed by atoms with Crippen LogP contribution < -0.4 is 5.32 Å². The number of nitrogens with one attached hydrogen (secondary N) is 1. The molecule has 3 rings (SSSR count). The Hall–Kier alpha value is -1.19. The zero-order chi connectivity index (χ0) is 13.8. The summed E-state index contributed by atoms with van der Waals surface area (Å²) in [4.78, 5) is 5.95. The van der Waals surface area contributed by atoms with E-state index < -0.39 is 0 Å². The number of thiophene rings is 1. The Balaban J connectivity index is 1.76. The highest BCUT2D eigenvalue weighted by Crippen LogP contribution is 2.38. The van der Waals surface area contributed by atoms with Crippen molar-refractivity contribution in [3.8, 4) is 0 Å². The molecule has 0 radical (unpaired) electrons. The van der Waals surface area contributed by atoms with Crippen LogP contribution in [-0.4, -0.2) is 4.98 Å². The summed E-state index contributed by atoms with van der Waals surface area (Å²) in [6.45, 7) is 2.22. The minimum atomic E-state index is 0.295. The molecule has 0 spiro atoms. The fourth-order valence-electron chi connectivity index (χ4n) is 3.20. The van der Waals surface area contributed by atoms with E-state index >= 15 is 0 Å². The molecule has 1 aliphatic rings. The second kappa shape index (κ2) is 6.51. The smallest absolute Gasteiger partial charge is 0.0570 e. The van der Waals surface area contributed by atoms with Crippen molar-refractivity contribution in [2.75, 3.05) is 0 Å². The molecule has 0 amide bonds. The van der Waals surface area contributed by atoms with Gasteiger partial charge in [-0.3, -0.25) is 4.98 Å². The van der Waals surface area contributed by atoms with Crippen molar-refractivity contribution in [3.05, 3.63) is 52.5 Å².